The molecule has 0 radical (unpaired) electrons. The zero-order valence-corrected chi connectivity index (χ0v) is 15.2. The molecule has 0 amide bonds. The maximum atomic E-state index is 9.92. The summed E-state index contributed by atoms with van der Waals surface area (Å²) < 4.78 is 9.13. The van der Waals surface area contributed by atoms with E-state index >= 15 is 0 Å². The number of likely N-dealkylation sites (N-methyl/N-ethyl adjacent to an activating group) is 1. The van der Waals surface area contributed by atoms with Gasteiger partial charge in [-0.3, -0.25) is 0 Å². The molecule has 0 saturated carbocycles. The second-order valence-electron chi connectivity index (χ2n) is 5.50. The summed E-state index contributed by atoms with van der Waals surface area (Å²) >= 11 is 0. The number of hydrazone groups is 1. The van der Waals surface area contributed by atoms with Crippen molar-refractivity contribution < 1.29 is 35.7 Å². The molecule has 0 spiro atoms. The third-order valence-corrected chi connectivity index (χ3v) is 3.83. The molecule has 132 valence electrons. The van der Waals surface area contributed by atoms with Crippen molar-refractivity contribution >= 4 is 23.0 Å². The Kier molecular flexibility index (Phi) is 6.04. The van der Waals surface area contributed by atoms with E-state index in [0.717, 1.165) is 11.4 Å². The van der Waals surface area contributed by atoms with Crippen molar-refractivity contribution in [2.24, 2.45) is 10.2 Å². The first-order valence-electron chi connectivity index (χ1n) is 7.65. The van der Waals surface area contributed by atoms with E-state index in [0.29, 0.717) is 11.6 Å². The summed E-state index contributed by atoms with van der Waals surface area (Å²) in [5.74, 6) is 0.802. The van der Waals surface area contributed by atoms with Crippen molar-refractivity contribution in [1.82, 2.24) is 0 Å². The summed E-state index contributed by atoms with van der Waals surface area (Å²) in [5, 5.41) is 19.0. The number of aromatic hydroxyl groups is 1. The number of azo groups is 2. The van der Waals surface area contributed by atoms with E-state index in [4.69, 9.17) is 4.74 Å². The molecule has 0 saturated heterocycles. The molecule has 3 rings (SSSR count). The molecule has 1 N–H and O–H groups in total. The second-order valence-corrected chi connectivity index (χ2v) is 5.50. The molecule has 1 aliphatic rings. The van der Waals surface area contributed by atoms with Gasteiger partial charge in [0.15, 0.2) is 18.4 Å². The maximum Gasteiger partial charge on any atom is 0.453 e. The van der Waals surface area contributed by atoms with Gasteiger partial charge in [-0.05, 0) is 28.9 Å². The fraction of sp³-hybridized carbons (Fsp3) is 0.222. The first kappa shape index (κ1) is 18.8. The topological polar surface area (TPSA) is 60.2 Å². The molecule has 1 unspecified atom stereocenters. The largest absolute Gasteiger partial charge is 0.505 e. The maximum absolute atomic E-state index is 9.92. The normalized spacial score (nSPS) is 17.2. The number of nitrogens with zero attached hydrogens (tertiary/aromatic N) is 4. The number of para-hydroxylation sites is 2. The Balaban J connectivity index is 0.00000225. The van der Waals surface area contributed by atoms with Crippen LogP contribution in [0.5, 0.6) is 5.75 Å². The third-order valence-electron chi connectivity index (χ3n) is 3.83. The van der Waals surface area contributed by atoms with E-state index in [1.807, 2.05) is 50.4 Å². The zero-order valence-electron chi connectivity index (χ0n) is 14.2. The molecule has 0 fully saturated rings. The first-order chi connectivity index (χ1) is 11.6. The van der Waals surface area contributed by atoms with Crippen molar-refractivity contribution in [2.75, 3.05) is 14.2 Å². The van der Waals surface area contributed by atoms with E-state index < -0.39 is 0 Å². The van der Waals surface area contributed by atoms with Crippen molar-refractivity contribution in [3.05, 3.63) is 54.6 Å². The molecule has 2 aromatic rings. The molecule has 1 aliphatic heterocycles. The quantitative estimate of drug-likeness (QED) is 0.503. The van der Waals surface area contributed by atoms with Crippen LogP contribution in [0.2, 0.25) is 0 Å². The zero-order chi connectivity index (χ0) is 17.1. The number of hydrogen-bond acceptors (Lipinski definition) is 4. The number of phenols is 1. The Labute approximate surface area is 156 Å². The van der Waals surface area contributed by atoms with Gasteiger partial charge < -0.3 is 9.84 Å². The Morgan fingerprint density at radius 3 is 2.40 bits per heavy atom. The molecule has 1 atom stereocenters. The molecular weight excluding hydrogens is 363 g/mol. The van der Waals surface area contributed by atoms with Gasteiger partial charge in [-0.15, -0.1) is 4.70 Å². The van der Waals surface area contributed by atoms with Crippen molar-refractivity contribution in [2.45, 2.75) is 13.0 Å². The van der Waals surface area contributed by atoms with Gasteiger partial charge in [0, 0.05) is 33.7 Å². The number of rotatable bonds is 3. The van der Waals surface area contributed by atoms with E-state index in [2.05, 4.69) is 10.2 Å². The van der Waals surface area contributed by atoms with Crippen LogP contribution in [-0.2, 0) is 21.2 Å². The van der Waals surface area contributed by atoms with Gasteiger partial charge in [-0.25, -0.2) is 0 Å². The Morgan fingerprint density at radius 1 is 1.12 bits per heavy atom. The molecule has 2 aromatic carbocycles. The fourth-order valence-electron chi connectivity index (χ4n) is 2.72. The van der Waals surface area contributed by atoms with Gasteiger partial charge in [0.2, 0.25) is 5.69 Å². The van der Waals surface area contributed by atoms with Gasteiger partial charge in [0.05, 0.1) is 7.11 Å². The third kappa shape index (κ3) is 3.77. The van der Waals surface area contributed by atoms with Gasteiger partial charge in [-0.2, -0.15) is 0 Å². The summed E-state index contributed by atoms with van der Waals surface area (Å²) in [7, 11) is 3.46. The molecule has 0 bridgehead atoms. The van der Waals surface area contributed by atoms with Crippen LogP contribution in [-0.4, -0.2) is 46.3 Å². The first-order valence-corrected chi connectivity index (χ1v) is 7.65. The number of benzene rings is 2. The van der Waals surface area contributed by atoms with Crippen LogP contribution in [0.4, 0.5) is 11.4 Å². The molecular formula is C18H20N4NiO2+2. The summed E-state index contributed by atoms with van der Waals surface area (Å²) in [6.45, 7) is 1.93. The van der Waals surface area contributed by atoms with Crippen LogP contribution in [0.1, 0.15) is 6.92 Å². The van der Waals surface area contributed by atoms with Crippen molar-refractivity contribution in [3.8, 4) is 5.75 Å². The summed E-state index contributed by atoms with van der Waals surface area (Å²) in [4.78, 5) is 0. The second kappa shape index (κ2) is 8.03. The van der Waals surface area contributed by atoms with E-state index in [1.54, 1.807) is 34.7 Å². The van der Waals surface area contributed by atoms with Gasteiger partial charge in [0.1, 0.15) is 5.75 Å². The number of hydrogen-bond donors (Lipinski definition) is 1. The molecule has 25 heavy (non-hydrogen) atoms. The van der Waals surface area contributed by atoms with Gasteiger partial charge in [-0.1, -0.05) is 30.3 Å². The monoisotopic (exact) mass is 382 g/mol. The Morgan fingerprint density at radius 2 is 1.76 bits per heavy atom. The van der Waals surface area contributed by atoms with Gasteiger partial charge >= 0.3 is 11.9 Å². The number of ether oxygens (including phenoxy) is 1. The van der Waals surface area contributed by atoms with E-state index in [1.165, 1.54) is 0 Å². The minimum absolute atomic E-state index is 0. The van der Waals surface area contributed by atoms with Gasteiger partial charge in [0.25, 0.3) is 0 Å². The smallest absolute Gasteiger partial charge is 0.453 e. The van der Waals surface area contributed by atoms with Crippen LogP contribution in [0.3, 0.4) is 0 Å². The average Bonchev–Trinajstić information content (AvgIpc) is 2.94. The van der Waals surface area contributed by atoms with Crippen LogP contribution in [0.25, 0.3) is 0 Å². The molecule has 6 nitrogen and oxygen atoms in total. The summed E-state index contributed by atoms with van der Waals surface area (Å²) in [6.07, 6.45) is 0. The summed E-state index contributed by atoms with van der Waals surface area (Å²) in [6, 6.07) is 16.5. The number of phenolic OH excluding ortho intramolecular Hbond substituents is 1. The molecule has 1 heterocycles. The predicted molar refractivity (Wildman–Crippen MR) is 91.7 cm³/mol. The average molecular weight is 383 g/mol. The Hall–Kier alpha value is -2.53. The van der Waals surface area contributed by atoms with Crippen LogP contribution < -0.4 is 0 Å². The van der Waals surface area contributed by atoms with Crippen LogP contribution in [0, 0.1) is 0 Å². The minimum atomic E-state index is -0.241. The van der Waals surface area contributed by atoms with E-state index in [-0.39, 0.29) is 28.3 Å². The molecule has 0 aromatic heterocycles. The standard InChI is InChI=1S/C18H19N4O2.Ni/c1-13-17(21(2)20-15-11-7-8-12-16(15)23)18(24-3)22(19-13)14-9-5-4-6-10-14;/h4-12,17H,1-3H3;/q+1;/p+1. The predicted octanol–water partition coefficient (Wildman–Crippen LogP) is 3.26. The van der Waals surface area contributed by atoms with Crippen molar-refractivity contribution in [3.63, 3.8) is 0 Å². The molecule has 0 aliphatic carbocycles. The molecule has 7 heteroatoms. The number of methoxy groups -OCH3 is 1. The minimum Gasteiger partial charge on any atom is -0.505 e. The van der Waals surface area contributed by atoms with Crippen LogP contribution >= 0.6 is 0 Å². The summed E-state index contributed by atoms with van der Waals surface area (Å²) in [5.41, 5.74) is 2.28. The fourth-order valence-corrected chi connectivity index (χ4v) is 2.72. The Bertz CT molecular complexity index is 847. The van der Waals surface area contributed by atoms with Crippen LogP contribution in [0.15, 0.2) is 64.8 Å². The SMILES string of the molecule is COC1=[N+](c2ccccc2)N=C(C)C1[N+](C)=Nc1ccccc1O.[Ni]. The van der Waals surface area contributed by atoms with E-state index in [9.17, 15) is 5.11 Å². The van der Waals surface area contributed by atoms with Crippen molar-refractivity contribution in [1.29, 1.82) is 0 Å².